The van der Waals surface area contributed by atoms with Gasteiger partial charge in [0.15, 0.2) is 0 Å². The molecule has 0 aliphatic carbocycles. The molecular formula is C18H23FINO5. The van der Waals surface area contributed by atoms with E-state index in [-0.39, 0.29) is 45.6 Å². The number of hydrogen-bond acceptors (Lipinski definition) is 6. The van der Waals surface area contributed by atoms with Gasteiger partial charge < -0.3 is 19.9 Å². The summed E-state index contributed by atoms with van der Waals surface area (Å²) in [6.45, 7) is 5.32. The lowest BCUT2D eigenvalue weighted by Crippen LogP contribution is -2.34. The monoisotopic (exact) mass is 479 g/mol. The highest BCUT2D eigenvalue weighted by atomic mass is 127. The number of nitrogens with one attached hydrogen (secondary N) is 1. The van der Waals surface area contributed by atoms with Crippen LogP contribution in [0.15, 0.2) is 23.9 Å². The van der Waals surface area contributed by atoms with Gasteiger partial charge in [-0.3, -0.25) is 4.79 Å². The van der Waals surface area contributed by atoms with Gasteiger partial charge in [-0.15, -0.1) is 0 Å². The molecule has 0 fully saturated rings. The van der Waals surface area contributed by atoms with Crippen LogP contribution in [-0.4, -0.2) is 43.2 Å². The Kier molecular flexibility index (Phi) is 9.00. The smallest absolute Gasteiger partial charge is 0.343 e. The summed E-state index contributed by atoms with van der Waals surface area (Å²) in [7, 11) is 1.31. The number of benzene rings is 1. The lowest BCUT2D eigenvalue weighted by Gasteiger charge is -2.19. The molecule has 8 heteroatoms. The Hall–Kier alpha value is -1.68. The van der Waals surface area contributed by atoms with Gasteiger partial charge in [0.2, 0.25) is 5.78 Å². The van der Waals surface area contributed by atoms with Gasteiger partial charge in [-0.05, 0) is 41.5 Å². The fourth-order valence-electron chi connectivity index (χ4n) is 2.09. The predicted octanol–water partition coefficient (Wildman–Crippen LogP) is 2.68. The number of carbonyl (C=O) groups excluding carboxylic acids is 2. The van der Waals surface area contributed by atoms with Crippen molar-refractivity contribution in [2.75, 3.05) is 20.3 Å². The normalized spacial score (nSPS) is 12.7. The molecule has 0 aliphatic heterocycles. The molecule has 2 N–H and O–H groups in total. The molecule has 0 bridgehead atoms. The number of aliphatic hydroxyl groups is 1. The summed E-state index contributed by atoms with van der Waals surface area (Å²) in [6.07, 6.45) is 1.23. The number of ketones is 1. The second-order valence-corrected chi connectivity index (χ2v) is 6.94. The Morgan fingerprint density at radius 2 is 2.04 bits per heavy atom. The van der Waals surface area contributed by atoms with E-state index in [9.17, 15) is 19.1 Å². The molecule has 0 saturated carbocycles. The van der Waals surface area contributed by atoms with E-state index >= 15 is 0 Å². The average molecular weight is 479 g/mol. The summed E-state index contributed by atoms with van der Waals surface area (Å²) >= 11 is 1.75. The molecule has 0 unspecified atom stereocenters. The van der Waals surface area contributed by atoms with E-state index in [1.54, 1.807) is 29.5 Å². The first kappa shape index (κ1) is 22.4. The topological polar surface area (TPSA) is 84.9 Å². The van der Waals surface area contributed by atoms with E-state index < -0.39 is 17.6 Å². The van der Waals surface area contributed by atoms with Gasteiger partial charge in [0.1, 0.15) is 17.1 Å². The lowest BCUT2D eigenvalue weighted by molar-refractivity contribution is -0.138. The summed E-state index contributed by atoms with van der Waals surface area (Å²) in [5, 5.41) is 12.3. The van der Waals surface area contributed by atoms with Crippen molar-refractivity contribution in [3.63, 3.8) is 0 Å². The zero-order valence-electron chi connectivity index (χ0n) is 15.1. The predicted molar refractivity (Wildman–Crippen MR) is 104 cm³/mol. The van der Waals surface area contributed by atoms with E-state index in [1.165, 1.54) is 19.4 Å². The summed E-state index contributed by atoms with van der Waals surface area (Å²) in [5.74, 6) is -1.92. The molecule has 0 saturated heterocycles. The van der Waals surface area contributed by atoms with Crippen molar-refractivity contribution in [3.8, 4) is 5.75 Å². The van der Waals surface area contributed by atoms with Gasteiger partial charge in [-0.1, -0.05) is 13.8 Å². The van der Waals surface area contributed by atoms with Crippen molar-refractivity contribution < 1.29 is 28.6 Å². The van der Waals surface area contributed by atoms with E-state index in [4.69, 9.17) is 9.47 Å². The molecule has 0 heterocycles. The molecular weight excluding hydrogens is 456 g/mol. The van der Waals surface area contributed by atoms with Crippen molar-refractivity contribution in [1.29, 1.82) is 0 Å². The van der Waals surface area contributed by atoms with E-state index in [1.807, 2.05) is 13.8 Å². The molecule has 0 spiro atoms. The summed E-state index contributed by atoms with van der Waals surface area (Å²) in [5.41, 5.74) is -0.212. The minimum Gasteiger partial charge on any atom is -0.496 e. The summed E-state index contributed by atoms with van der Waals surface area (Å²) in [6, 6.07) is 2.06. The molecule has 1 atom stereocenters. The highest BCUT2D eigenvalue weighted by Crippen LogP contribution is 2.26. The van der Waals surface area contributed by atoms with Crippen molar-refractivity contribution in [2.24, 2.45) is 5.92 Å². The Labute approximate surface area is 165 Å². The van der Waals surface area contributed by atoms with Crippen molar-refractivity contribution >= 4 is 34.3 Å². The number of hydrogen-bond donors (Lipinski definition) is 2. The van der Waals surface area contributed by atoms with E-state index in [0.717, 1.165) is 6.07 Å². The van der Waals surface area contributed by atoms with Crippen LogP contribution in [0.25, 0.3) is 0 Å². The third kappa shape index (κ3) is 5.66. The molecule has 6 nitrogen and oxygen atoms in total. The Balaban J connectivity index is 3.32. The molecule has 0 amide bonds. The second kappa shape index (κ2) is 10.5. The molecule has 26 heavy (non-hydrogen) atoms. The van der Waals surface area contributed by atoms with Gasteiger partial charge in [0, 0.05) is 15.8 Å². The summed E-state index contributed by atoms with van der Waals surface area (Å²) < 4.78 is 24.0. The van der Waals surface area contributed by atoms with Crippen LogP contribution in [0.5, 0.6) is 5.75 Å². The zero-order chi connectivity index (χ0) is 19.9. The first-order valence-corrected chi connectivity index (χ1v) is 9.16. The van der Waals surface area contributed by atoms with Crippen LogP contribution in [0.1, 0.15) is 31.1 Å². The minimum atomic E-state index is -0.813. The minimum absolute atomic E-state index is 0.0192. The highest BCUT2D eigenvalue weighted by molar-refractivity contribution is 14.1. The van der Waals surface area contributed by atoms with E-state index in [0.29, 0.717) is 0 Å². The average Bonchev–Trinajstić information content (AvgIpc) is 2.60. The number of halogens is 2. The Morgan fingerprint density at radius 3 is 2.54 bits per heavy atom. The quantitative estimate of drug-likeness (QED) is 0.142. The van der Waals surface area contributed by atoms with Gasteiger partial charge >= 0.3 is 5.97 Å². The van der Waals surface area contributed by atoms with Crippen LogP contribution < -0.4 is 10.1 Å². The first-order chi connectivity index (χ1) is 12.3. The number of methoxy groups -OCH3 is 1. The number of Topliss-reactive ketones (excluding diaryl/α,β-unsaturated/α-hetero) is 1. The van der Waals surface area contributed by atoms with E-state index in [2.05, 4.69) is 5.32 Å². The molecule has 0 radical (unpaired) electrons. The first-order valence-electron chi connectivity index (χ1n) is 8.08. The Bertz CT molecular complexity index is 690. The van der Waals surface area contributed by atoms with Crippen molar-refractivity contribution in [1.82, 2.24) is 5.32 Å². The zero-order valence-corrected chi connectivity index (χ0v) is 17.3. The van der Waals surface area contributed by atoms with Gasteiger partial charge in [0.25, 0.3) is 0 Å². The largest absolute Gasteiger partial charge is 0.496 e. The number of carbonyl (C=O) groups is 2. The summed E-state index contributed by atoms with van der Waals surface area (Å²) in [4.78, 5) is 25.1. The molecule has 0 aliphatic rings. The molecule has 144 valence electrons. The third-order valence-electron chi connectivity index (χ3n) is 3.67. The van der Waals surface area contributed by atoms with Crippen LogP contribution in [0.3, 0.4) is 0 Å². The standard InChI is InChI=1S/C18H23FINO5/c1-5-26-18(24)12(8-21-15(9-22)10(2)3)17(23)11-6-14(20)13(19)7-16(11)25-4/h6-8,10,15,21-22H,5,9H2,1-4H3/b12-8-/t15-/m1/s1. The van der Waals surface area contributed by atoms with Crippen LogP contribution in [0, 0.1) is 15.3 Å². The molecule has 1 aromatic carbocycles. The number of ether oxygens (including phenoxy) is 2. The van der Waals surface area contributed by atoms with Crippen LogP contribution in [0.2, 0.25) is 0 Å². The SMILES string of the molecule is CCOC(=O)/C(=C\N[C@H](CO)C(C)C)C(=O)c1cc(I)c(F)cc1OC. The van der Waals surface area contributed by atoms with Crippen molar-refractivity contribution in [3.05, 3.63) is 38.9 Å². The lowest BCUT2D eigenvalue weighted by atomic mass is 10.0. The maximum absolute atomic E-state index is 13.7. The van der Waals surface area contributed by atoms with Gasteiger partial charge in [-0.2, -0.15) is 0 Å². The molecule has 1 aromatic rings. The fraction of sp³-hybridized carbons (Fsp3) is 0.444. The number of esters is 1. The Morgan fingerprint density at radius 1 is 1.38 bits per heavy atom. The van der Waals surface area contributed by atoms with Crippen LogP contribution >= 0.6 is 22.6 Å². The van der Waals surface area contributed by atoms with Crippen LogP contribution in [-0.2, 0) is 9.53 Å². The number of rotatable bonds is 9. The maximum atomic E-state index is 13.7. The van der Waals surface area contributed by atoms with Gasteiger partial charge in [-0.25, -0.2) is 9.18 Å². The maximum Gasteiger partial charge on any atom is 0.343 e. The van der Waals surface area contributed by atoms with Crippen molar-refractivity contribution in [2.45, 2.75) is 26.8 Å². The van der Waals surface area contributed by atoms with Gasteiger partial charge in [0.05, 0.1) is 31.9 Å². The number of aliphatic hydroxyl groups excluding tert-OH is 1. The second-order valence-electron chi connectivity index (χ2n) is 5.77. The third-order valence-corrected chi connectivity index (χ3v) is 4.50. The molecule has 0 aromatic heterocycles. The fourth-order valence-corrected chi connectivity index (χ4v) is 2.56. The highest BCUT2D eigenvalue weighted by Gasteiger charge is 2.26. The molecule has 1 rings (SSSR count). The van der Waals surface area contributed by atoms with Crippen LogP contribution in [0.4, 0.5) is 4.39 Å².